The van der Waals surface area contributed by atoms with E-state index in [1.807, 2.05) is 24.3 Å². The zero-order valence-corrected chi connectivity index (χ0v) is 15.7. The standard InChI is InChI=1S/C20H18N2O5S/c1-14(20(23)24)27-18-9-6-15(7-10-18)13-21-22-28(25,26)19-11-8-16-4-2-3-5-17(16)12-19/h2-14,22H,1H3,(H,23,24)/p-1/b21-13-/t14-/m0/s1. The lowest BCUT2D eigenvalue weighted by Gasteiger charge is -2.15. The van der Waals surface area contributed by atoms with Gasteiger partial charge >= 0.3 is 0 Å². The van der Waals surface area contributed by atoms with Gasteiger partial charge in [0.2, 0.25) is 0 Å². The number of sulfonamides is 1. The molecular formula is C20H17N2O5S-. The van der Waals surface area contributed by atoms with Gasteiger partial charge in [-0.2, -0.15) is 13.5 Å². The molecule has 0 unspecified atom stereocenters. The molecule has 1 N–H and O–H groups in total. The Kier molecular flexibility index (Phi) is 5.60. The molecule has 0 spiro atoms. The van der Waals surface area contributed by atoms with Crippen molar-refractivity contribution in [2.45, 2.75) is 17.9 Å². The summed E-state index contributed by atoms with van der Waals surface area (Å²) in [4.78, 5) is 13.0. The van der Waals surface area contributed by atoms with Crippen molar-refractivity contribution < 1.29 is 23.1 Å². The van der Waals surface area contributed by atoms with Gasteiger partial charge in [-0.3, -0.25) is 0 Å². The fourth-order valence-corrected chi connectivity index (χ4v) is 3.27. The molecule has 0 heterocycles. The van der Waals surface area contributed by atoms with Gasteiger partial charge in [0.1, 0.15) is 11.9 Å². The van der Waals surface area contributed by atoms with Crippen LogP contribution >= 0.6 is 0 Å². The lowest BCUT2D eigenvalue weighted by Crippen LogP contribution is -2.37. The van der Waals surface area contributed by atoms with Crippen LogP contribution < -0.4 is 14.7 Å². The molecule has 144 valence electrons. The summed E-state index contributed by atoms with van der Waals surface area (Å²) in [5.41, 5.74) is 0.606. The summed E-state index contributed by atoms with van der Waals surface area (Å²) in [6.07, 6.45) is 0.262. The molecule has 0 aliphatic rings. The Hall–Kier alpha value is -3.39. The van der Waals surface area contributed by atoms with E-state index in [1.54, 1.807) is 36.4 Å². The van der Waals surface area contributed by atoms with Crippen LogP contribution in [0.5, 0.6) is 5.75 Å². The second-order valence-corrected chi connectivity index (χ2v) is 7.67. The fraction of sp³-hybridized carbons (Fsp3) is 0.100. The van der Waals surface area contributed by atoms with Crippen LogP contribution in [0.3, 0.4) is 0 Å². The molecule has 7 nitrogen and oxygen atoms in total. The Labute approximate surface area is 162 Å². The van der Waals surface area contributed by atoms with Crippen LogP contribution in [0, 0.1) is 0 Å². The topological polar surface area (TPSA) is 108 Å². The van der Waals surface area contributed by atoms with E-state index in [4.69, 9.17) is 4.74 Å². The van der Waals surface area contributed by atoms with Gasteiger partial charge in [-0.15, -0.1) is 0 Å². The molecule has 0 saturated heterocycles. The Morgan fingerprint density at radius 1 is 1.07 bits per heavy atom. The number of fused-ring (bicyclic) bond motifs is 1. The third-order valence-corrected chi connectivity index (χ3v) is 5.16. The van der Waals surface area contributed by atoms with E-state index in [1.165, 1.54) is 19.2 Å². The Morgan fingerprint density at radius 3 is 2.43 bits per heavy atom. The largest absolute Gasteiger partial charge is 0.546 e. The first-order valence-corrected chi connectivity index (χ1v) is 9.85. The second kappa shape index (κ2) is 8.10. The number of nitrogens with one attached hydrogen (secondary N) is 1. The van der Waals surface area contributed by atoms with Gasteiger partial charge in [0.15, 0.2) is 0 Å². The number of aliphatic carboxylic acids is 1. The Bertz CT molecular complexity index is 1120. The summed E-state index contributed by atoms with van der Waals surface area (Å²) >= 11 is 0. The van der Waals surface area contributed by atoms with E-state index >= 15 is 0 Å². The van der Waals surface area contributed by atoms with Crippen LogP contribution in [0.15, 0.2) is 76.7 Å². The number of nitrogens with zero attached hydrogens (tertiary/aromatic N) is 1. The number of benzene rings is 3. The maximum Gasteiger partial charge on any atom is 0.276 e. The third kappa shape index (κ3) is 4.66. The first-order valence-electron chi connectivity index (χ1n) is 8.36. The molecule has 0 aliphatic heterocycles. The van der Waals surface area contributed by atoms with Crippen LogP contribution in [0.1, 0.15) is 12.5 Å². The average molecular weight is 397 g/mol. The lowest BCUT2D eigenvalue weighted by atomic mass is 10.1. The van der Waals surface area contributed by atoms with Crippen LogP contribution in [0.2, 0.25) is 0 Å². The molecule has 0 fully saturated rings. The average Bonchev–Trinajstić information content (AvgIpc) is 2.68. The summed E-state index contributed by atoms with van der Waals surface area (Å²) in [5, 5.41) is 16.2. The molecule has 0 radical (unpaired) electrons. The molecule has 28 heavy (non-hydrogen) atoms. The van der Waals surface area contributed by atoms with Crippen molar-refractivity contribution in [3.8, 4) is 5.75 Å². The van der Waals surface area contributed by atoms with Gasteiger partial charge < -0.3 is 14.6 Å². The molecule has 0 aromatic heterocycles. The van der Waals surface area contributed by atoms with E-state index in [0.717, 1.165) is 10.8 Å². The SMILES string of the molecule is C[C@H](Oc1ccc(/C=N\NS(=O)(=O)c2ccc3ccccc3c2)cc1)C(=O)[O-]. The van der Waals surface area contributed by atoms with E-state index in [0.29, 0.717) is 11.3 Å². The minimum absolute atomic E-state index is 0.114. The minimum atomic E-state index is -3.80. The number of carbonyl (C=O) groups excluding carboxylic acids is 1. The van der Waals surface area contributed by atoms with E-state index in [2.05, 4.69) is 9.93 Å². The minimum Gasteiger partial charge on any atom is -0.546 e. The molecule has 3 aromatic carbocycles. The van der Waals surface area contributed by atoms with Crippen molar-refractivity contribution in [2.24, 2.45) is 5.10 Å². The van der Waals surface area contributed by atoms with Crippen molar-refractivity contribution in [1.82, 2.24) is 4.83 Å². The quantitative estimate of drug-likeness (QED) is 0.482. The van der Waals surface area contributed by atoms with Gasteiger partial charge in [-0.1, -0.05) is 30.3 Å². The number of carboxylic acid groups (broad SMARTS) is 1. The number of rotatable bonds is 7. The van der Waals surface area contributed by atoms with Crippen LogP contribution in [-0.4, -0.2) is 26.7 Å². The monoisotopic (exact) mass is 397 g/mol. The van der Waals surface area contributed by atoms with Crippen LogP contribution in [-0.2, 0) is 14.8 Å². The third-order valence-electron chi connectivity index (χ3n) is 3.94. The number of hydrazone groups is 1. The van der Waals surface area contributed by atoms with Gasteiger partial charge in [0, 0.05) is 0 Å². The van der Waals surface area contributed by atoms with E-state index in [9.17, 15) is 18.3 Å². The zero-order valence-electron chi connectivity index (χ0n) is 14.9. The van der Waals surface area contributed by atoms with Crippen molar-refractivity contribution in [1.29, 1.82) is 0 Å². The van der Waals surface area contributed by atoms with Crippen LogP contribution in [0.4, 0.5) is 0 Å². The molecule has 0 amide bonds. The second-order valence-electron chi connectivity index (χ2n) is 6.01. The zero-order chi connectivity index (χ0) is 20.1. The molecule has 0 aliphatic carbocycles. The number of hydrogen-bond acceptors (Lipinski definition) is 6. The maximum absolute atomic E-state index is 12.4. The number of hydrogen-bond donors (Lipinski definition) is 1. The summed E-state index contributed by atoms with van der Waals surface area (Å²) in [6, 6.07) is 18.6. The first kappa shape index (κ1) is 19.4. The highest BCUT2D eigenvalue weighted by Crippen LogP contribution is 2.19. The first-order chi connectivity index (χ1) is 13.3. The fourth-order valence-electron chi connectivity index (χ4n) is 2.44. The highest BCUT2D eigenvalue weighted by Gasteiger charge is 2.13. The van der Waals surface area contributed by atoms with Crippen molar-refractivity contribution in [2.75, 3.05) is 0 Å². The molecule has 0 bridgehead atoms. The van der Waals surface area contributed by atoms with Gasteiger partial charge in [0.05, 0.1) is 17.1 Å². The molecule has 0 saturated carbocycles. The number of carbonyl (C=O) groups is 1. The van der Waals surface area contributed by atoms with Crippen LogP contribution in [0.25, 0.3) is 10.8 Å². The molecule has 3 aromatic rings. The van der Waals surface area contributed by atoms with E-state index in [-0.39, 0.29) is 4.90 Å². The molecule has 3 rings (SSSR count). The number of carboxylic acids is 1. The van der Waals surface area contributed by atoms with Gasteiger partial charge in [-0.05, 0) is 59.7 Å². The summed E-state index contributed by atoms with van der Waals surface area (Å²) in [7, 11) is -3.80. The predicted molar refractivity (Wildman–Crippen MR) is 103 cm³/mol. The lowest BCUT2D eigenvalue weighted by molar-refractivity contribution is -0.312. The van der Waals surface area contributed by atoms with Gasteiger partial charge in [-0.25, -0.2) is 4.83 Å². The smallest absolute Gasteiger partial charge is 0.276 e. The number of ether oxygens (including phenoxy) is 1. The molecule has 8 heteroatoms. The van der Waals surface area contributed by atoms with Crippen molar-refractivity contribution >= 4 is 33.0 Å². The normalized spacial score (nSPS) is 12.8. The maximum atomic E-state index is 12.4. The summed E-state index contributed by atoms with van der Waals surface area (Å²) < 4.78 is 30.0. The Balaban J connectivity index is 1.68. The van der Waals surface area contributed by atoms with Gasteiger partial charge in [0.25, 0.3) is 10.0 Å². The molecule has 1 atom stereocenters. The highest BCUT2D eigenvalue weighted by atomic mass is 32.2. The molecular weight excluding hydrogens is 380 g/mol. The van der Waals surface area contributed by atoms with E-state index < -0.39 is 22.1 Å². The summed E-state index contributed by atoms with van der Waals surface area (Å²) in [5.74, 6) is -0.959. The Morgan fingerprint density at radius 2 is 1.75 bits per heavy atom. The van der Waals surface area contributed by atoms with Crippen molar-refractivity contribution in [3.63, 3.8) is 0 Å². The van der Waals surface area contributed by atoms with Crippen molar-refractivity contribution in [3.05, 3.63) is 72.3 Å². The summed E-state index contributed by atoms with van der Waals surface area (Å²) in [6.45, 7) is 1.37. The predicted octanol–water partition coefficient (Wildman–Crippen LogP) is 1.67. The highest BCUT2D eigenvalue weighted by molar-refractivity contribution is 7.89.